The van der Waals surface area contributed by atoms with Gasteiger partial charge in [0.1, 0.15) is 5.82 Å². The molecule has 1 atom stereocenters. The van der Waals surface area contributed by atoms with Gasteiger partial charge < -0.3 is 15.0 Å². The van der Waals surface area contributed by atoms with E-state index in [1.165, 1.54) is 26.7 Å². The molecule has 0 saturated carbocycles. The highest BCUT2D eigenvalue weighted by Crippen LogP contribution is 2.28. The van der Waals surface area contributed by atoms with Crippen LogP contribution >= 0.6 is 11.3 Å². The third-order valence-corrected chi connectivity index (χ3v) is 5.74. The van der Waals surface area contributed by atoms with Gasteiger partial charge in [-0.05, 0) is 39.3 Å². The maximum Gasteiger partial charge on any atom is 0.131 e. The first-order chi connectivity index (χ1) is 11.5. The summed E-state index contributed by atoms with van der Waals surface area (Å²) in [5.74, 6) is 1.23. The SMILES string of the molecule is Cc1cc(C(C)NCc2c(C)nn(C)c2N2CCOCC2)c(C)s1. The van der Waals surface area contributed by atoms with Crippen molar-refractivity contribution < 1.29 is 4.74 Å². The van der Waals surface area contributed by atoms with E-state index in [0.717, 1.165) is 38.5 Å². The van der Waals surface area contributed by atoms with Crippen LogP contribution in [0.25, 0.3) is 0 Å². The lowest BCUT2D eigenvalue weighted by Gasteiger charge is -2.30. The predicted molar refractivity (Wildman–Crippen MR) is 100 cm³/mol. The smallest absolute Gasteiger partial charge is 0.131 e. The molecule has 1 saturated heterocycles. The number of morpholine rings is 1. The minimum Gasteiger partial charge on any atom is -0.378 e. The van der Waals surface area contributed by atoms with Crippen molar-refractivity contribution in [3.63, 3.8) is 0 Å². The molecule has 132 valence electrons. The van der Waals surface area contributed by atoms with Crippen molar-refractivity contribution in [2.45, 2.75) is 40.3 Å². The first kappa shape index (κ1) is 17.5. The minimum atomic E-state index is 0.340. The highest BCUT2D eigenvalue weighted by molar-refractivity contribution is 7.12. The van der Waals surface area contributed by atoms with E-state index in [2.05, 4.69) is 49.1 Å². The molecular weight excluding hydrogens is 320 g/mol. The lowest BCUT2D eigenvalue weighted by Crippen LogP contribution is -2.38. The number of aromatic nitrogens is 2. The van der Waals surface area contributed by atoms with E-state index in [4.69, 9.17) is 4.74 Å². The van der Waals surface area contributed by atoms with E-state index in [1.807, 2.05) is 23.1 Å². The molecule has 6 heteroatoms. The number of aryl methyl sites for hydroxylation is 4. The van der Waals surface area contributed by atoms with Crippen molar-refractivity contribution >= 4 is 17.2 Å². The molecule has 1 unspecified atom stereocenters. The third-order valence-electron chi connectivity index (χ3n) is 4.75. The quantitative estimate of drug-likeness (QED) is 0.902. The molecule has 1 N–H and O–H groups in total. The summed E-state index contributed by atoms with van der Waals surface area (Å²) >= 11 is 1.87. The molecule has 1 aliphatic heterocycles. The van der Waals surface area contributed by atoms with E-state index in [0.29, 0.717) is 6.04 Å². The van der Waals surface area contributed by atoms with Gasteiger partial charge in [0, 0.05) is 48.0 Å². The number of rotatable bonds is 5. The van der Waals surface area contributed by atoms with Crippen LogP contribution in [0, 0.1) is 20.8 Å². The second-order valence-electron chi connectivity index (χ2n) is 6.58. The fourth-order valence-corrected chi connectivity index (χ4v) is 4.54. The molecule has 3 heterocycles. The Morgan fingerprint density at radius 1 is 1.29 bits per heavy atom. The average Bonchev–Trinajstić information content (AvgIpc) is 3.03. The molecule has 24 heavy (non-hydrogen) atoms. The number of nitrogens with one attached hydrogen (secondary N) is 1. The highest BCUT2D eigenvalue weighted by atomic mass is 32.1. The van der Waals surface area contributed by atoms with Crippen LogP contribution in [-0.2, 0) is 18.3 Å². The normalized spacial score (nSPS) is 16.6. The third kappa shape index (κ3) is 3.50. The molecule has 0 aliphatic carbocycles. The van der Waals surface area contributed by atoms with Gasteiger partial charge in [-0.3, -0.25) is 4.68 Å². The number of anilines is 1. The van der Waals surface area contributed by atoms with Crippen molar-refractivity contribution in [2.75, 3.05) is 31.2 Å². The Bertz CT molecular complexity index is 700. The lowest BCUT2D eigenvalue weighted by molar-refractivity contribution is 0.122. The molecule has 0 aromatic carbocycles. The van der Waals surface area contributed by atoms with E-state index >= 15 is 0 Å². The van der Waals surface area contributed by atoms with Crippen LogP contribution in [0.3, 0.4) is 0 Å². The van der Waals surface area contributed by atoms with Crippen molar-refractivity contribution in [3.8, 4) is 0 Å². The van der Waals surface area contributed by atoms with Crippen LogP contribution in [0.2, 0.25) is 0 Å². The summed E-state index contributed by atoms with van der Waals surface area (Å²) in [4.78, 5) is 5.18. The maximum absolute atomic E-state index is 5.49. The number of nitrogens with zero attached hydrogens (tertiary/aromatic N) is 3. The van der Waals surface area contributed by atoms with Gasteiger partial charge in [-0.25, -0.2) is 0 Å². The lowest BCUT2D eigenvalue weighted by atomic mass is 10.1. The predicted octanol–water partition coefficient (Wildman–Crippen LogP) is 3.09. The van der Waals surface area contributed by atoms with Crippen molar-refractivity contribution in [2.24, 2.45) is 7.05 Å². The minimum absolute atomic E-state index is 0.340. The molecule has 0 radical (unpaired) electrons. The Morgan fingerprint density at radius 3 is 2.62 bits per heavy atom. The van der Waals surface area contributed by atoms with Gasteiger partial charge in [-0.2, -0.15) is 5.10 Å². The fourth-order valence-electron chi connectivity index (χ4n) is 3.51. The van der Waals surface area contributed by atoms with Gasteiger partial charge >= 0.3 is 0 Å². The zero-order chi connectivity index (χ0) is 17.3. The van der Waals surface area contributed by atoms with E-state index in [9.17, 15) is 0 Å². The van der Waals surface area contributed by atoms with Gasteiger partial charge in [-0.15, -0.1) is 11.3 Å². The fraction of sp³-hybridized carbons (Fsp3) is 0.611. The molecule has 0 amide bonds. The van der Waals surface area contributed by atoms with Crippen molar-refractivity contribution in [1.82, 2.24) is 15.1 Å². The summed E-state index contributed by atoms with van der Waals surface area (Å²) in [6.07, 6.45) is 0. The van der Waals surface area contributed by atoms with Crippen LogP contribution in [0.4, 0.5) is 5.82 Å². The zero-order valence-electron chi connectivity index (χ0n) is 15.3. The average molecular weight is 349 g/mol. The van der Waals surface area contributed by atoms with Gasteiger partial charge in [0.05, 0.1) is 18.9 Å². The summed E-state index contributed by atoms with van der Waals surface area (Å²) in [6.45, 7) is 13.0. The molecule has 2 aromatic heterocycles. The van der Waals surface area contributed by atoms with Crippen LogP contribution in [0.1, 0.15) is 39.5 Å². The molecule has 1 aliphatic rings. The largest absolute Gasteiger partial charge is 0.378 e. The summed E-state index contributed by atoms with van der Waals surface area (Å²) in [5, 5.41) is 8.35. The molecule has 2 aromatic rings. The topological polar surface area (TPSA) is 42.3 Å². The summed E-state index contributed by atoms with van der Waals surface area (Å²) in [7, 11) is 2.04. The Hall–Kier alpha value is -1.37. The Balaban J connectivity index is 1.76. The number of thiophene rings is 1. The molecule has 1 fully saturated rings. The van der Waals surface area contributed by atoms with Gasteiger partial charge in [0.2, 0.25) is 0 Å². The van der Waals surface area contributed by atoms with Gasteiger partial charge in [0.25, 0.3) is 0 Å². The van der Waals surface area contributed by atoms with Gasteiger partial charge in [0.15, 0.2) is 0 Å². The van der Waals surface area contributed by atoms with Crippen LogP contribution in [0.5, 0.6) is 0 Å². The Labute approximate surface area is 148 Å². The number of hydrogen-bond acceptors (Lipinski definition) is 5. The van der Waals surface area contributed by atoms with Gasteiger partial charge in [-0.1, -0.05) is 0 Å². The summed E-state index contributed by atoms with van der Waals surface area (Å²) in [5.41, 5.74) is 3.82. The van der Waals surface area contributed by atoms with Crippen LogP contribution in [-0.4, -0.2) is 36.1 Å². The number of hydrogen-bond donors (Lipinski definition) is 1. The maximum atomic E-state index is 5.49. The summed E-state index contributed by atoms with van der Waals surface area (Å²) < 4.78 is 7.51. The van der Waals surface area contributed by atoms with E-state index < -0.39 is 0 Å². The van der Waals surface area contributed by atoms with E-state index in [-0.39, 0.29) is 0 Å². The first-order valence-electron chi connectivity index (χ1n) is 8.63. The zero-order valence-corrected chi connectivity index (χ0v) is 16.2. The molecule has 0 spiro atoms. The Morgan fingerprint density at radius 2 is 2.00 bits per heavy atom. The van der Waals surface area contributed by atoms with Crippen LogP contribution < -0.4 is 10.2 Å². The first-order valence-corrected chi connectivity index (χ1v) is 9.44. The van der Waals surface area contributed by atoms with E-state index in [1.54, 1.807) is 0 Å². The Kier molecular flexibility index (Phi) is 5.27. The summed E-state index contributed by atoms with van der Waals surface area (Å²) in [6, 6.07) is 2.64. The second kappa shape index (κ2) is 7.25. The molecule has 3 rings (SSSR count). The second-order valence-corrected chi connectivity index (χ2v) is 8.04. The molecule has 0 bridgehead atoms. The van der Waals surface area contributed by atoms with Crippen molar-refractivity contribution in [1.29, 1.82) is 0 Å². The van der Waals surface area contributed by atoms with Crippen molar-refractivity contribution in [3.05, 3.63) is 32.6 Å². The molecule has 5 nitrogen and oxygen atoms in total. The molecular formula is C18H28N4OS. The standard InChI is InChI=1S/C18H28N4OS/c1-12-10-16(15(4)24-12)13(2)19-11-17-14(3)20-21(5)18(17)22-6-8-23-9-7-22/h10,13,19H,6-9,11H2,1-5H3. The monoisotopic (exact) mass is 348 g/mol. The number of ether oxygens (including phenoxy) is 1. The van der Waals surface area contributed by atoms with Crippen LogP contribution in [0.15, 0.2) is 6.07 Å². The highest BCUT2D eigenvalue weighted by Gasteiger charge is 2.22.